The van der Waals surface area contributed by atoms with Crippen LogP contribution in [0.2, 0.25) is 0 Å². The molecule has 0 aliphatic carbocycles. The van der Waals surface area contributed by atoms with Crippen LogP contribution in [0, 0.1) is 0 Å². The van der Waals surface area contributed by atoms with E-state index in [0.29, 0.717) is 0 Å². The molecule has 5 heteroatoms. The maximum absolute atomic E-state index is 8.25. The van der Waals surface area contributed by atoms with Crippen LogP contribution in [-0.4, -0.2) is 24.2 Å². The molecule has 0 saturated carbocycles. The van der Waals surface area contributed by atoms with Crippen molar-refractivity contribution in [1.29, 1.82) is 0 Å². The summed E-state index contributed by atoms with van der Waals surface area (Å²) >= 11 is 0. The van der Waals surface area contributed by atoms with Crippen molar-refractivity contribution in [1.82, 2.24) is 0 Å². The lowest BCUT2D eigenvalue weighted by Gasteiger charge is -1.97. The molecule has 0 aromatic carbocycles. The summed E-state index contributed by atoms with van der Waals surface area (Å²) in [5, 5.41) is 15.9. The van der Waals surface area contributed by atoms with Crippen molar-refractivity contribution in [2.75, 3.05) is 6.61 Å². The third-order valence-electron chi connectivity index (χ3n) is 0.447. The van der Waals surface area contributed by atoms with Gasteiger partial charge in [0.25, 0.3) is 0 Å². The molecule has 0 aromatic rings. The average molecular weight is 118 g/mol. The second-order valence-electron chi connectivity index (χ2n) is 1.03. The van der Waals surface area contributed by atoms with Gasteiger partial charge in [-0.2, -0.15) is 0 Å². The van der Waals surface area contributed by atoms with E-state index in [1.807, 2.05) is 0 Å². The van der Waals surface area contributed by atoms with E-state index >= 15 is 0 Å². The summed E-state index contributed by atoms with van der Waals surface area (Å²) in [4.78, 5) is 3.34. The summed E-state index contributed by atoms with van der Waals surface area (Å²) in [6.07, 6.45) is 1.42. The van der Waals surface area contributed by atoms with E-state index in [1.54, 1.807) is 0 Å². The molecule has 46 valence electrons. The lowest BCUT2D eigenvalue weighted by Crippen LogP contribution is -2.20. The van der Waals surface area contributed by atoms with Crippen LogP contribution in [0.3, 0.4) is 0 Å². The molecule has 0 aliphatic heterocycles. The third kappa shape index (κ3) is 3.82. The summed E-state index contributed by atoms with van der Waals surface area (Å²) in [6, 6.07) is 0. The molecule has 0 aliphatic rings. The second kappa shape index (κ2) is 4.80. The maximum atomic E-state index is 8.25. The Morgan fingerprint density at radius 3 is 2.75 bits per heavy atom. The zero-order valence-corrected chi connectivity index (χ0v) is 4.28. The van der Waals surface area contributed by atoms with Crippen LogP contribution < -0.4 is 0 Å². The van der Waals surface area contributed by atoms with Crippen molar-refractivity contribution in [3.63, 3.8) is 0 Å². The zero-order valence-electron chi connectivity index (χ0n) is 4.28. The van der Waals surface area contributed by atoms with Gasteiger partial charge >= 0.3 is 7.32 Å². The minimum atomic E-state index is -1.56. The van der Waals surface area contributed by atoms with Crippen molar-refractivity contribution < 1.29 is 19.7 Å². The molecule has 0 amide bonds. The number of hydrogen-bond donors (Lipinski definition) is 2. The van der Waals surface area contributed by atoms with Crippen LogP contribution in [0.25, 0.3) is 0 Å². The largest absolute Gasteiger partial charge is 0.665 e. The molecule has 0 aromatic heterocycles. The fourth-order valence-corrected chi connectivity index (χ4v) is 0.181. The van der Waals surface area contributed by atoms with Crippen molar-refractivity contribution >= 4 is 7.32 Å². The summed E-state index contributed by atoms with van der Waals surface area (Å²) in [5.74, 6) is 0. The molecule has 0 atom stereocenters. The second-order valence-corrected chi connectivity index (χ2v) is 1.03. The summed E-state index contributed by atoms with van der Waals surface area (Å²) in [5.41, 5.74) is 0. The van der Waals surface area contributed by atoms with Crippen LogP contribution in [0.4, 0.5) is 0 Å². The predicted molar refractivity (Wildman–Crippen MR) is 27.8 cm³/mol. The zero-order chi connectivity index (χ0) is 6.41. The minimum Gasteiger partial charge on any atom is -0.400 e. The van der Waals surface area contributed by atoms with Gasteiger partial charge in [-0.05, 0) is 0 Å². The molecule has 0 unspecified atom stereocenters. The fourth-order valence-electron chi connectivity index (χ4n) is 0.181. The highest BCUT2D eigenvalue weighted by Crippen LogP contribution is 1.79. The lowest BCUT2D eigenvalue weighted by atomic mass is 10.3. The fraction of sp³-hybridized carbons (Fsp3) is 0.333. The van der Waals surface area contributed by atoms with E-state index in [9.17, 15) is 0 Å². The Morgan fingerprint density at radius 1 is 1.75 bits per heavy atom. The molecule has 0 saturated heterocycles. The van der Waals surface area contributed by atoms with E-state index in [-0.39, 0.29) is 6.61 Å². The first kappa shape index (κ1) is 7.64. The van der Waals surface area contributed by atoms with Gasteiger partial charge in [0.05, 0.1) is 6.61 Å². The van der Waals surface area contributed by atoms with Gasteiger partial charge in [-0.15, -0.1) is 6.58 Å². The molecule has 0 rings (SSSR count). The monoisotopic (exact) mass is 118 g/mol. The van der Waals surface area contributed by atoms with Gasteiger partial charge in [-0.25, -0.2) is 4.81 Å². The van der Waals surface area contributed by atoms with Crippen LogP contribution in [0.15, 0.2) is 12.7 Å². The molecular formula is C3H7BO4. The Bertz CT molecular complexity index is 66.3. The quantitative estimate of drug-likeness (QED) is 0.229. The normalized spacial score (nSPS) is 8.75. The molecule has 0 spiro atoms. The van der Waals surface area contributed by atoms with E-state index in [4.69, 9.17) is 10.3 Å². The lowest BCUT2D eigenvalue weighted by molar-refractivity contribution is -0.177. The van der Waals surface area contributed by atoms with Crippen LogP contribution in [-0.2, 0) is 9.46 Å². The van der Waals surface area contributed by atoms with Crippen molar-refractivity contribution in [3.8, 4) is 0 Å². The van der Waals surface area contributed by atoms with Crippen LogP contribution >= 0.6 is 0 Å². The Morgan fingerprint density at radius 2 is 2.38 bits per heavy atom. The van der Waals surface area contributed by atoms with Gasteiger partial charge in [0.1, 0.15) is 0 Å². The molecule has 0 radical (unpaired) electrons. The van der Waals surface area contributed by atoms with Gasteiger partial charge in [0, 0.05) is 0 Å². The van der Waals surface area contributed by atoms with Gasteiger partial charge in [0.15, 0.2) is 0 Å². The van der Waals surface area contributed by atoms with Crippen LogP contribution in [0.5, 0.6) is 0 Å². The standard InChI is InChI=1S/C3H7BO4/c1-2-3-7-4(5)8-6/h2,5-6H,1,3H2. The highest BCUT2D eigenvalue weighted by molar-refractivity contribution is 6.34. The van der Waals surface area contributed by atoms with Crippen molar-refractivity contribution in [2.45, 2.75) is 0 Å². The van der Waals surface area contributed by atoms with Crippen LogP contribution in [0.1, 0.15) is 0 Å². The first-order valence-corrected chi connectivity index (χ1v) is 2.02. The highest BCUT2D eigenvalue weighted by atomic mass is 17.1. The number of rotatable bonds is 4. The Hall–Kier alpha value is -0.355. The summed E-state index contributed by atoms with van der Waals surface area (Å²) in [7, 11) is -1.56. The molecule has 8 heavy (non-hydrogen) atoms. The Kier molecular flexibility index (Phi) is 4.58. The predicted octanol–water partition coefficient (Wildman–Crippen LogP) is -0.344. The SMILES string of the molecule is C=CCOB(O)OO. The summed E-state index contributed by atoms with van der Waals surface area (Å²) in [6.45, 7) is 3.43. The smallest absolute Gasteiger partial charge is 0.400 e. The van der Waals surface area contributed by atoms with Gasteiger partial charge < -0.3 is 9.68 Å². The molecular weight excluding hydrogens is 111 g/mol. The van der Waals surface area contributed by atoms with E-state index in [1.165, 1.54) is 6.08 Å². The summed E-state index contributed by atoms with van der Waals surface area (Å²) < 4.78 is 4.31. The Balaban J connectivity index is 2.97. The first-order chi connectivity index (χ1) is 3.81. The molecule has 2 N–H and O–H groups in total. The van der Waals surface area contributed by atoms with E-state index < -0.39 is 7.32 Å². The Labute approximate surface area is 47.5 Å². The first-order valence-electron chi connectivity index (χ1n) is 2.02. The van der Waals surface area contributed by atoms with Gasteiger partial charge in [-0.3, -0.25) is 5.26 Å². The van der Waals surface area contributed by atoms with Gasteiger partial charge in [0.2, 0.25) is 0 Å². The molecule has 0 bridgehead atoms. The minimum absolute atomic E-state index is 0.141. The molecule has 0 heterocycles. The van der Waals surface area contributed by atoms with E-state index in [2.05, 4.69) is 16.0 Å². The molecule has 4 nitrogen and oxygen atoms in total. The highest BCUT2D eigenvalue weighted by Gasteiger charge is 2.12. The molecule has 0 fully saturated rings. The average Bonchev–Trinajstić information content (AvgIpc) is 1.83. The third-order valence-corrected chi connectivity index (χ3v) is 0.447. The maximum Gasteiger partial charge on any atom is 0.665 e. The number of hydrogen-bond acceptors (Lipinski definition) is 4. The van der Waals surface area contributed by atoms with Gasteiger partial charge in [-0.1, -0.05) is 6.08 Å². The van der Waals surface area contributed by atoms with Crippen molar-refractivity contribution in [3.05, 3.63) is 12.7 Å². The van der Waals surface area contributed by atoms with Crippen molar-refractivity contribution in [2.24, 2.45) is 0 Å². The topological polar surface area (TPSA) is 58.9 Å². The van der Waals surface area contributed by atoms with E-state index in [0.717, 1.165) is 0 Å².